The summed E-state index contributed by atoms with van der Waals surface area (Å²) in [5, 5.41) is 15.6. The van der Waals surface area contributed by atoms with Crippen molar-refractivity contribution in [1.82, 2.24) is 20.0 Å². The van der Waals surface area contributed by atoms with Gasteiger partial charge in [0.2, 0.25) is 11.8 Å². The van der Waals surface area contributed by atoms with Gasteiger partial charge in [0.15, 0.2) is 0 Å². The number of aromatic hydroxyl groups is 1. The molecule has 10 nitrogen and oxygen atoms in total. The first-order chi connectivity index (χ1) is 26.8. The number of nitrogens with zero attached hydrogens (tertiary/aromatic N) is 3. The Morgan fingerprint density at radius 3 is 2.04 bits per heavy atom. The van der Waals surface area contributed by atoms with E-state index in [-0.39, 0.29) is 35.6 Å². The maximum atomic E-state index is 13.1. The predicted molar refractivity (Wildman–Crippen MR) is 215 cm³/mol. The summed E-state index contributed by atoms with van der Waals surface area (Å²) in [5.74, 6) is -1.71. The van der Waals surface area contributed by atoms with Gasteiger partial charge in [-0.2, -0.15) is 0 Å². The number of piperazine rings is 1. The molecule has 1 unspecified atom stereocenters. The molecule has 7 rings (SSSR count). The molecular weight excluding hydrogens is 691 g/mol. The molecule has 3 aliphatic rings. The van der Waals surface area contributed by atoms with E-state index in [0.717, 1.165) is 87.6 Å². The van der Waals surface area contributed by atoms with Crippen LogP contribution in [-0.2, 0) is 16.0 Å². The molecule has 3 heterocycles. The van der Waals surface area contributed by atoms with Gasteiger partial charge in [0.1, 0.15) is 11.8 Å². The molecule has 10 heteroatoms. The molecule has 2 saturated heterocycles. The van der Waals surface area contributed by atoms with Gasteiger partial charge >= 0.3 is 0 Å². The highest BCUT2D eigenvalue weighted by atomic mass is 16.3. The van der Waals surface area contributed by atoms with Gasteiger partial charge in [0, 0.05) is 44.8 Å². The van der Waals surface area contributed by atoms with E-state index in [1.807, 2.05) is 18.2 Å². The second-order valence-electron chi connectivity index (χ2n) is 14.6. The van der Waals surface area contributed by atoms with Crippen molar-refractivity contribution in [2.24, 2.45) is 0 Å². The lowest BCUT2D eigenvalue weighted by molar-refractivity contribution is -0.136. The number of phenolic OH excluding ortho intramolecular Hbond substituents is 1. The number of anilines is 1. The SMILES string of the molecule is CCC(=C(c1ccc(O)cc1)c1ccc(CCCN2CCN(CCCNc3ccc4c(c3)C(=O)N(C3CCC(=O)NC3=O)C4=O)CC2)cc1)c1ccccc1. The Labute approximate surface area is 322 Å². The van der Waals surface area contributed by atoms with Crippen LogP contribution < -0.4 is 10.6 Å². The van der Waals surface area contributed by atoms with E-state index in [1.54, 1.807) is 30.3 Å². The third-order valence-corrected chi connectivity index (χ3v) is 11.0. The number of piperidine rings is 1. The summed E-state index contributed by atoms with van der Waals surface area (Å²) in [6.07, 6.45) is 4.21. The van der Waals surface area contributed by atoms with Gasteiger partial charge in [-0.25, -0.2) is 0 Å². The van der Waals surface area contributed by atoms with Gasteiger partial charge in [0.05, 0.1) is 11.1 Å². The van der Waals surface area contributed by atoms with Crippen LogP contribution in [-0.4, -0.2) is 95.3 Å². The number of amides is 4. The van der Waals surface area contributed by atoms with Crippen molar-refractivity contribution in [3.63, 3.8) is 0 Å². The zero-order valence-corrected chi connectivity index (χ0v) is 31.4. The molecule has 55 heavy (non-hydrogen) atoms. The van der Waals surface area contributed by atoms with Crippen molar-refractivity contribution in [2.75, 3.05) is 51.1 Å². The minimum absolute atomic E-state index is 0.0983. The molecule has 0 saturated carbocycles. The fraction of sp³-hybridized carbons (Fsp3) is 0.333. The molecule has 284 valence electrons. The molecule has 3 aliphatic heterocycles. The van der Waals surface area contributed by atoms with Crippen LogP contribution in [0.4, 0.5) is 5.69 Å². The first-order valence-corrected chi connectivity index (χ1v) is 19.5. The molecule has 4 amide bonds. The second kappa shape index (κ2) is 17.3. The number of fused-ring (bicyclic) bond motifs is 1. The van der Waals surface area contributed by atoms with Gasteiger partial charge in [0.25, 0.3) is 11.8 Å². The lowest BCUT2D eigenvalue weighted by Gasteiger charge is -2.34. The number of aryl methyl sites for hydroxylation is 1. The highest BCUT2D eigenvalue weighted by Crippen LogP contribution is 2.35. The number of hydrogen-bond donors (Lipinski definition) is 3. The Balaban J connectivity index is 0.845. The van der Waals surface area contributed by atoms with Crippen LogP contribution in [0.25, 0.3) is 11.1 Å². The predicted octanol–water partition coefficient (Wildman–Crippen LogP) is 6.21. The zero-order valence-electron chi connectivity index (χ0n) is 31.4. The standard InChI is InChI=1S/C45H49N5O5/c1-2-37(32-9-4-3-5-10-32)42(34-15-18-36(51)19-16-34)33-13-11-31(12-14-33)8-6-24-48-26-28-49(29-27-48)25-7-23-46-35-17-20-38-39(30-35)45(55)50(44(38)54)40-21-22-41(52)47-43(40)53/h3-5,9-20,30,40,46,51H,2,6-8,21-29H2,1H3,(H,47,52,53). The van der Waals surface area contributed by atoms with Gasteiger partial charge in [-0.05, 0) is 109 Å². The monoisotopic (exact) mass is 739 g/mol. The van der Waals surface area contributed by atoms with Crippen molar-refractivity contribution in [3.8, 4) is 5.75 Å². The Morgan fingerprint density at radius 1 is 0.745 bits per heavy atom. The number of phenols is 1. The number of nitrogens with one attached hydrogen (secondary N) is 2. The maximum absolute atomic E-state index is 13.1. The summed E-state index contributed by atoms with van der Waals surface area (Å²) in [7, 11) is 0. The molecule has 2 fully saturated rings. The summed E-state index contributed by atoms with van der Waals surface area (Å²) in [6, 6.07) is 31.2. The first kappa shape index (κ1) is 37.7. The van der Waals surface area contributed by atoms with Crippen LogP contribution in [0.5, 0.6) is 5.75 Å². The molecular formula is C45H49N5O5. The topological polar surface area (TPSA) is 122 Å². The fourth-order valence-electron chi connectivity index (χ4n) is 8.01. The first-order valence-electron chi connectivity index (χ1n) is 19.5. The summed E-state index contributed by atoms with van der Waals surface area (Å²) in [4.78, 5) is 56.1. The Kier molecular flexibility index (Phi) is 11.8. The molecule has 1 atom stereocenters. The summed E-state index contributed by atoms with van der Waals surface area (Å²) in [6.45, 7) is 9.16. The highest BCUT2D eigenvalue weighted by Gasteiger charge is 2.44. The lowest BCUT2D eigenvalue weighted by atomic mass is 9.87. The quantitative estimate of drug-likeness (QED) is 0.0793. The molecule has 0 aliphatic carbocycles. The summed E-state index contributed by atoms with van der Waals surface area (Å²) in [5.41, 5.74) is 8.64. The van der Waals surface area contributed by atoms with Crippen molar-refractivity contribution >= 4 is 40.5 Å². The number of benzene rings is 4. The number of imide groups is 2. The van der Waals surface area contributed by atoms with Crippen LogP contribution in [0.3, 0.4) is 0 Å². The average Bonchev–Trinajstić information content (AvgIpc) is 3.45. The van der Waals surface area contributed by atoms with E-state index in [1.165, 1.54) is 27.8 Å². The Hall–Kier alpha value is -5.58. The molecule has 0 bridgehead atoms. The number of rotatable bonds is 14. The van der Waals surface area contributed by atoms with Crippen LogP contribution in [0.2, 0.25) is 0 Å². The van der Waals surface area contributed by atoms with Crippen molar-refractivity contribution in [2.45, 2.75) is 51.5 Å². The second-order valence-corrected chi connectivity index (χ2v) is 14.6. The van der Waals surface area contributed by atoms with E-state index < -0.39 is 23.8 Å². The van der Waals surface area contributed by atoms with Crippen LogP contribution in [0.1, 0.15) is 82.0 Å². The molecule has 4 aromatic rings. The van der Waals surface area contributed by atoms with Crippen LogP contribution >= 0.6 is 0 Å². The normalized spacial score (nSPS) is 18.3. The Bertz CT molecular complexity index is 2050. The van der Waals surface area contributed by atoms with E-state index in [2.05, 4.69) is 75.9 Å². The Morgan fingerprint density at radius 2 is 1.38 bits per heavy atom. The molecule has 0 radical (unpaired) electrons. The van der Waals surface area contributed by atoms with E-state index >= 15 is 0 Å². The van der Waals surface area contributed by atoms with E-state index in [9.17, 15) is 24.3 Å². The van der Waals surface area contributed by atoms with Crippen molar-refractivity contribution < 1.29 is 24.3 Å². The van der Waals surface area contributed by atoms with Crippen LogP contribution in [0, 0.1) is 0 Å². The van der Waals surface area contributed by atoms with E-state index in [0.29, 0.717) is 0 Å². The van der Waals surface area contributed by atoms with Crippen molar-refractivity contribution in [1.29, 1.82) is 0 Å². The minimum Gasteiger partial charge on any atom is -0.508 e. The highest BCUT2D eigenvalue weighted by molar-refractivity contribution is 6.23. The van der Waals surface area contributed by atoms with Gasteiger partial charge in [-0.3, -0.25) is 29.4 Å². The van der Waals surface area contributed by atoms with E-state index in [4.69, 9.17) is 0 Å². The zero-order chi connectivity index (χ0) is 38.3. The third kappa shape index (κ3) is 8.71. The molecule has 0 aromatic heterocycles. The molecule has 3 N–H and O–H groups in total. The van der Waals surface area contributed by atoms with Gasteiger partial charge in [-0.1, -0.05) is 73.7 Å². The largest absolute Gasteiger partial charge is 0.508 e. The summed E-state index contributed by atoms with van der Waals surface area (Å²) >= 11 is 0. The molecule has 4 aromatic carbocycles. The van der Waals surface area contributed by atoms with Crippen molar-refractivity contribution in [3.05, 3.63) is 130 Å². The lowest BCUT2D eigenvalue weighted by Crippen LogP contribution is -2.54. The summed E-state index contributed by atoms with van der Waals surface area (Å²) < 4.78 is 0. The maximum Gasteiger partial charge on any atom is 0.262 e. The average molecular weight is 740 g/mol. The molecule has 0 spiro atoms. The number of allylic oxidation sites excluding steroid dienone is 1. The number of hydrogen-bond acceptors (Lipinski definition) is 8. The van der Waals surface area contributed by atoms with Gasteiger partial charge in [-0.15, -0.1) is 0 Å². The fourth-order valence-corrected chi connectivity index (χ4v) is 8.01. The number of carbonyl (C=O) groups is 4. The third-order valence-electron chi connectivity index (χ3n) is 11.0. The van der Waals surface area contributed by atoms with Crippen LogP contribution in [0.15, 0.2) is 97.1 Å². The number of carbonyl (C=O) groups excluding carboxylic acids is 4. The smallest absolute Gasteiger partial charge is 0.262 e. The van der Waals surface area contributed by atoms with Gasteiger partial charge < -0.3 is 20.2 Å². The minimum atomic E-state index is -0.963.